The van der Waals surface area contributed by atoms with Gasteiger partial charge in [0.15, 0.2) is 0 Å². The van der Waals surface area contributed by atoms with Gasteiger partial charge in [-0.2, -0.15) is 0 Å². The predicted octanol–water partition coefficient (Wildman–Crippen LogP) is -1.32. The van der Waals surface area contributed by atoms with E-state index in [1.54, 1.807) is 6.41 Å². The van der Waals surface area contributed by atoms with Crippen molar-refractivity contribution in [3.05, 3.63) is 0 Å². The van der Waals surface area contributed by atoms with Gasteiger partial charge in [-0.25, -0.2) is 13.1 Å². The second kappa shape index (κ2) is 3.40. The molecule has 0 aromatic carbocycles. The first kappa shape index (κ1) is 9.47. The van der Waals surface area contributed by atoms with Crippen LogP contribution in [0.1, 0.15) is 6.42 Å². The van der Waals surface area contributed by atoms with Gasteiger partial charge in [0.25, 0.3) is 0 Å². The van der Waals surface area contributed by atoms with Gasteiger partial charge in [0.05, 0.1) is 6.26 Å². The lowest BCUT2D eigenvalue weighted by atomic mass is 10.3. The van der Waals surface area contributed by atoms with Crippen molar-refractivity contribution >= 4 is 16.4 Å². The molecular weight excluding hydrogens is 180 g/mol. The maximum atomic E-state index is 10.8. The fourth-order valence-electron chi connectivity index (χ4n) is 1.24. The van der Waals surface area contributed by atoms with Gasteiger partial charge in [-0.3, -0.25) is 4.79 Å². The molecule has 1 amide bonds. The first-order valence-corrected chi connectivity index (χ1v) is 5.50. The minimum Gasteiger partial charge on any atom is -0.333 e. The molecule has 1 atom stereocenters. The van der Waals surface area contributed by atoms with E-state index in [0.29, 0.717) is 19.5 Å². The lowest BCUT2D eigenvalue weighted by molar-refractivity contribution is 0.432. The molecule has 1 aliphatic rings. The SMILES string of the molecule is CS(=O)(=O)NC1CCN([C]=O)C1. The van der Waals surface area contributed by atoms with Crippen LogP contribution < -0.4 is 4.72 Å². The summed E-state index contributed by atoms with van der Waals surface area (Å²) in [5.74, 6) is 0. The average molecular weight is 191 g/mol. The van der Waals surface area contributed by atoms with Gasteiger partial charge in [-0.15, -0.1) is 0 Å². The average Bonchev–Trinajstić information content (AvgIpc) is 2.32. The highest BCUT2D eigenvalue weighted by Gasteiger charge is 2.23. The van der Waals surface area contributed by atoms with E-state index in [2.05, 4.69) is 4.72 Å². The fraction of sp³-hybridized carbons (Fsp3) is 0.833. The van der Waals surface area contributed by atoms with Crippen LogP contribution in [0.3, 0.4) is 0 Å². The van der Waals surface area contributed by atoms with Crippen molar-refractivity contribution in [3.8, 4) is 0 Å². The smallest absolute Gasteiger partial charge is 0.312 e. The molecule has 0 aromatic rings. The van der Waals surface area contributed by atoms with Crippen molar-refractivity contribution in [1.29, 1.82) is 0 Å². The highest BCUT2D eigenvalue weighted by atomic mass is 32.2. The van der Waals surface area contributed by atoms with E-state index in [4.69, 9.17) is 0 Å². The lowest BCUT2D eigenvalue weighted by Gasteiger charge is -2.09. The number of sulfonamides is 1. The van der Waals surface area contributed by atoms with Crippen LogP contribution in [0, 0.1) is 0 Å². The number of nitrogens with one attached hydrogen (secondary N) is 1. The van der Waals surface area contributed by atoms with Gasteiger partial charge >= 0.3 is 6.41 Å². The van der Waals surface area contributed by atoms with E-state index < -0.39 is 10.0 Å². The molecule has 1 heterocycles. The normalized spacial score (nSPS) is 24.4. The Morgan fingerprint density at radius 3 is 2.67 bits per heavy atom. The maximum Gasteiger partial charge on any atom is 0.312 e. The van der Waals surface area contributed by atoms with E-state index >= 15 is 0 Å². The second-order valence-electron chi connectivity index (χ2n) is 2.91. The van der Waals surface area contributed by atoms with Gasteiger partial charge < -0.3 is 4.90 Å². The molecule has 1 radical (unpaired) electrons. The van der Waals surface area contributed by atoms with Crippen molar-refractivity contribution in [2.75, 3.05) is 19.3 Å². The zero-order chi connectivity index (χ0) is 9.19. The standard InChI is InChI=1S/C6H11N2O3S/c1-12(10,11)7-6-2-3-8(4-6)5-9/h6-7H,2-4H2,1H3. The minimum absolute atomic E-state index is 0.138. The molecule has 5 nitrogen and oxygen atoms in total. The fourth-order valence-corrected chi connectivity index (χ4v) is 2.04. The Hall–Kier alpha value is -0.620. The number of rotatable bonds is 3. The number of carbonyl (C=O) groups excluding carboxylic acids is 1. The Morgan fingerprint density at radius 2 is 2.25 bits per heavy atom. The number of likely N-dealkylation sites (tertiary alicyclic amines) is 1. The highest BCUT2D eigenvalue weighted by Crippen LogP contribution is 2.06. The molecule has 1 saturated heterocycles. The Bertz CT molecular complexity index is 262. The van der Waals surface area contributed by atoms with Crippen molar-refractivity contribution in [1.82, 2.24) is 9.62 Å². The summed E-state index contributed by atoms with van der Waals surface area (Å²) in [6.07, 6.45) is 3.51. The van der Waals surface area contributed by atoms with Gasteiger partial charge in [0.1, 0.15) is 0 Å². The minimum atomic E-state index is -3.15. The summed E-state index contributed by atoms with van der Waals surface area (Å²) in [7, 11) is -3.15. The Labute approximate surface area is 71.8 Å². The van der Waals surface area contributed by atoms with Crippen molar-refractivity contribution in [2.24, 2.45) is 0 Å². The third-order valence-electron chi connectivity index (χ3n) is 1.70. The summed E-state index contributed by atoms with van der Waals surface area (Å²) in [6, 6.07) is -0.138. The van der Waals surface area contributed by atoms with Crippen LogP contribution in [-0.2, 0) is 14.8 Å². The van der Waals surface area contributed by atoms with E-state index in [9.17, 15) is 13.2 Å². The lowest BCUT2D eigenvalue weighted by Crippen LogP contribution is -2.36. The van der Waals surface area contributed by atoms with Gasteiger partial charge in [-0.05, 0) is 6.42 Å². The predicted molar refractivity (Wildman–Crippen MR) is 43.7 cm³/mol. The molecule has 0 aliphatic carbocycles. The van der Waals surface area contributed by atoms with E-state index in [1.807, 2.05) is 0 Å². The molecule has 6 heteroatoms. The summed E-state index contributed by atoms with van der Waals surface area (Å²) >= 11 is 0. The number of amides is 1. The van der Waals surface area contributed by atoms with Crippen LogP contribution in [0.5, 0.6) is 0 Å². The van der Waals surface area contributed by atoms with E-state index in [1.165, 1.54) is 4.90 Å². The molecule has 0 saturated carbocycles. The molecule has 0 bridgehead atoms. The van der Waals surface area contributed by atoms with Crippen LogP contribution in [0.15, 0.2) is 0 Å². The van der Waals surface area contributed by atoms with Crippen LogP contribution in [-0.4, -0.2) is 45.1 Å². The zero-order valence-electron chi connectivity index (χ0n) is 6.78. The summed E-state index contributed by atoms with van der Waals surface area (Å²) in [6.45, 7) is 1.01. The van der Waals surface area contributed by atoms with Gasteiger partial charge in [-0.1, -0.05) is 0 Å². The topological polar surface area (TPSA) is 66.5 Å². The second-order valence-corrected chi connectivity index (χ2v) is 4.69. The summed E-state index contributed by atoms with van der Waals surface area (Å²) < 4.78 is 23.9. The van der Waals surface area contributed by atoms with Gasteiger partial charge in [0.2, 0.25) is 10.0 Å². The number of hydrogen-bond acceptors (Lipinski definition) is 3. The van der Waals surface area contributed by atoms with E-state index in [0.717, 1.165) is 6.26 Å². The van der Waals surface area contributed by atoms with Crippen LogP contribution in [0.4, 0.5) is 0 Å². The summed E-state index contributed by atoms with van der Waals surface area (Å²) in [5, 5.41) is 0. The van der Waals surface area contributed by atoms with Crippen molar-refractivity contribution in [2.45, 2.75) is 12.5 Å². The largest absolute Gasteiger partial charge is 0.333 e. The molecule has 1 unspecified atom stereocenters. The molecule has 12 heavy (non-hydrogen) atoms. The first-order valence-electron chi connectivity index (χ1n) is 3.61. The molecular formula is C6H11N2O3S. The first-order chi connectivity index (χ1) is 5.51. The molecule has 0 spiro atoms. The van der Waals surface area contributed by atoms with E-state index in [-0.39, 0.29) is 6.04 Å². The number of nitrogens with zero attached hydrogens (tertiary/aromatic N) is 1. The maximum absolute atomic E-state index is 10.8. The Balaban J connectivity index is 2.43. The molecule has 1 N–H and O–H groups in total. The summed E-state index contributed by atoms with van der Waals surface area (Å²) in [4.78, 5) is 11.6. The van der Waals surface area contributed by atoms with Crippen LogP contribution in [0.2, 0.25) is 0 Å². The Kier molecular flexibility index (Phi) is 2.69. The quantitative estimate of drug-likeness (QED) is 0.601. The molecule has 69 valence electrons. The van der Waals surface area contributed by atoms with Crippen LogP contribution in [0.25, 0.3) is 0 Å². The molecule has 1 rings (SSSR count). The number of hydrogen-bond donors (Lipinski definition) is 1. The molecule has 1 aliphatic heterocycles. The molecule has 0 aromatic heterocycles. The van der Waals surface area contributed by atoms with Crippen LogP contribution >= 0.6 is 0 Å². The van der Waals surface area contributed by atoms with Gasteiger partial charge in [0, 0.05) is 19.1 Å². The molecule has 1 fully saturated rings. The monoisotopic (exact) mass is 191 g/mol. The van der Waals surface area contributed by atoms with Crippen molar-refractivity contribution in [3.63, 3.8) is 0 Å². The zero-order valence-corrected chi connectivity index (χ0v) is 7.60. The third-order valence-corrected chi connectivity index (χ3v) is 2.46. The third kappa shape index (κ3) is 2.78. The Morgan fingerprint density at radius 1 is 1.58 bits per heavy atom. The van der Waals surface area contributed by atoms with Crippen molar-refractivity contribution < 1.29 is 13.2 Å². The highest BCUT2D eigenvalue weighted by molar-refractivity contribution is 7.88. The summed E-state index contributed by atoms with van der Waals surface area (Å²) in [5.41, 5.74) is 0.